The largest absolute Gasteiger partial charge is 0.363 e. The Morgan fingerprint density at radius 1 is 1.24 bits per heavy atom. The first-order chi connectivity index (χ1) is 9.95. The van der Waals surface area contributed by atoms with Gasteiger partial charge in [0, 0.05) is 25.0 Å². The van der Waals surface area contributed by atoms with Gasteiger partial charge in [0.05, 0.1) is 4.90 Å². The molecule has 6 nitrogen and oxygen atoms in total. The van der Waals surface area contributed by atoms with E-state index >= 15 is 0 Å². The van der Waals surface area contributed by atoms with Crippen molar-refractivity contribution in [3.63, 3.8) is 0 Å². The molecule has 122 valence electrons. The molecular weight excluding hydrogens is 288 g/mol. The Labute approximate surface area is 128 Å². The number of aromatic nitrogens is 1. The number of aromatic amines is 1. The van der Waals surface area contributed by atoms with Gasteiger partial charge in [0.25, 0.3) is 0 Å². The summed E-state index contributed by atoms with van der Waals surface area (Å²) < 4.78 is 26.9. The molecule has 1 heterocycles. The molecule has 0 amide bonds. The zero-order valence-corrected chi connectivity index (χ0v) is 14.1. The van der Waals surface area contributed by atoms with Crippen LogP contribution in [0, 0.1) is 0 Å². The lowest BCUT2D eigenvalue weighted by atomic mass is 10.3. The summed E-state index contributed by atoms with van der Waals surface area (Å²) in [5.41, 5.74) is 0.886. The summed E-state index contributed by atoms with van der Waals surface area (Å²) in [5, 5.41) is 3.24. The van der Waals surface area contributed by atoms with Crippen LogP contribution in [-0.2, 0) is 16.6 Å². The van der Waals surface area contributed by atoms with Gasteiger partial charge in [-0.05, 0) is 52.5 Å². The highest BCUT2D eigenvalue weighted by Gasteiger charge is 2.15. The van der Waals surface area contributed by atoms with Gasteiger partial charge in [0.2, 0.25) is 10.0 Å². The maximum absolute atomic E-state index is 12.1. The third-order valence-corrected chi connectivity index (χ3v) is 4.53. The number of nitrogens with zero attached hydrogens (tertiary/aromatic N) is 1. The Hall–Kier alpha value is -0.890. The number of H-pyrrole nitrogens is 1. The molecule has 0 radical (unpaired) electrons. The summed E-state index contributed by atoms with van der Waals surface area (Å²) in [5.74, 6) is 0. The predicted octanol–water partition coefficient (Wildman–Crippen LogP) is 1.13. The fourth-order valence-corrected chi connectivity index (χ4v) is 3.01. The van der Waals surface area contributed by atoms with Crippen LogP contribution >= 0.6 is 0 Å². The van der Waals surface area contributed by atoms with Crippen molar-refractivity contribution in [2.24, 2.45) is 0 Å². The van der Waals surface area contributed by atoms with E-state index in [1.54, 1.807) is 12.3 Å². The number of hydrogen-bond acceptors (Lipinski definition) is 4. The van der Waals surface area contributed by atoms with E-state index in [-0.39, 0.29) is 0 Å². The van der Waals surface area contributed by atoms with Crippen LogP contribution in [0.3, 0.4) is 0 Å². The number of sulfonamides is 1. The number of hydrogen-bond donors (Lipinski definition) is 3. The van der Waals surface area contributed by atoms with Gasteiger partial charge in [-0.3, -0.25) is 0 Å². The van der Waals surface area contributed by atoms with Crippen molar-refractivity contribution in [3.8, 4) is 0 Å². The molecule has 1 aromatic heterocycles. The van der Waals surface area contributed by atoms with Crippen LogP contribution < -0.4 is 10.0 Å². The molecule has 0 aliphatic carbocycles. The fourth-order valence-electron chi connectivity index (χ4n) is 1.92. The van der Waals surface area contributed by atoms with Gasteiger partial charge in [0.1, 0.15) is 0 Å². The molecule has 3 N–H and O–H groups in total. The first-order valence-electron chi connectivity index (χ1n) is 7.48. The lowest BCUT2D eigenvalue weighted by Crippen LogP contribution is -2.25. The molecular formula is C14H28N4O2S. The Bertz CT molecular complexity index is 497. The standard InChI is InChI=1S/C14H28N4O2S/c1-4-7-15-11-13-10-14(12-16-13)21(19,20)17-8-5-6-9-18(2)3/h10,12,15-17H,4-9,11H2,1-3H3. The second kappa shape index (κ2) is 9.19. The molecule has 1 rings (SSSR count). The first kappa shape index (κ1) is 18.2. The third kappa shape index (κ3) is 7.08. The summed E-state index contributed by atoms with van der Waals surface area (Å²) in [4.78, 5) is 5.40. The van der Waals surface area contributed by atoms with E-state index < -0.39 is 10.0 Å². The minimum absolute atomic E-state index is 0.309. The second-order valence-electron chi connectivity index (χ2n) is 5.45. The molecule has 0 atom stereocenters. The quantitative estimate of drug-likeness (QED) is 0.535. The van der Waals surface area contributed by atoms with E-state index in [1.165, 1.54) is 0 Å². The Kier molecular flexibility index (Phi) is 7.95. The van der Waals surface area contributed by atoms with Crippen LogP contribution in [0.2, 0.25) is 0 Å². The summed E-state index contributed by atoms with van der Waals surface area (Å²) in [6, 6.07) is 1.69. The van der Waals surface area contributed by atoms with Gasteiger partial charge >= 0.3 is 0 Å². The van der Waals surface area contributed by atoms with Gasteiger partial charge in [-0.1, -0.05) is 6.92 Å². The molecule has 0 saturated carbocycles. The van der Waals surface area contributed by atoms with Crippen LogP contribution in [0.5, 0.6) is 0 Å². The van der Waals surface area contributed by atoms with Gasteiger partial charge in [0.15, 0.2) is 0 Å². The van der Waals surface area contributed by atoms with Gasteiger partial charge in [-0.15, -0.1) is 0 Å². The van der Waals surface area contributed by atoms with E-state index in [1.807, 2.05) is 14.1 Å². The van der Waals surface area contributed by atoms with Crippen molar-refractivity contribution in [2.45, 2.75) is 37.6 Å². The highest BCUT2D eigenvalue weighted by molar-refractivity contribution is 7.89. The van der Waals surface area contributed by atoms with Crippen LogP contribution in [0.25, 0.3) is 0 Å². The first-order valence-corrected chi connectivity index (χ1v) is 8.96. The summed E-state index contributed by atoms with van der Waals surface area (Å²) in [6.07, 6.45) is 4.42. The maximum Gasteiger partial charge on any atom is 0.242 e. The van der Waals surface area contributed by atoms with E-state index in [4.69, 9.17) is 0 Å². The summed E-state index contributed by atoms with van der Waals surface area (Å²) in [6.45, 7) is 5.12. The molecule has 0 fully saturated rings. The van der Waals surface area contributed by atoms with Crippen LogP contribution in [0.1, 0.15) is 31.9 Å². The average Bonchev–Trinajstić information content (AvgIpc) is 2.88. The highest BCUT2D eigenvalue weighted by Crippen LogP contribution is 2.10. The monoisotopic (exact) mass is 316 g/mol. The molecule has 0 unspecified atom stereocenters. The van der Waals surface area contributed by atoms with Gasteiger partial charge in [-0.2, -0.15) is 0 Å². The normalized spacial score (nSPS) is 12.2. The van der Waals surface area contributed by atoms with E-state index in [0.717, 1.165) is 38.0 Å². The SMILES string of the molecule is CCCNCc1cc(S(=O)(=O)NCCCCN(C)C)c[nH]1. The highest BCUT2D eigenvalue weighted by atomic mass is 32.2. The van der Waals surface area contributed by atoms with Crippen LogP contribution in [-0.4, -0.2) is 52.0 Å². The topological polar surface area (TPSA) is 77.2 Å². The van der Waals surface area contributed by atoms with Crippen LogP contribution in [0.4, 0.5) is 0 Å². The summed E-state index contributed by atoms with van der Waals surface area (Å²) >= 11 is 0. The van der Waals surface area contributed by atoms with Gasteiger partial charge < -0.3 is 15.2 Å². The minimum atomic E-state index is -3.39. The third-order valence-electron chi connectivity index (χ3n) is 3.09. The molecule has 0 aliphatic heterocycles. The molecule has 0 bridgehead atoms. The van der Waals surface area contributed by atoms with Crippen molar-refractivity contribution < 1.29 is 8.42 Å². The fraction of sp³-hybridized carbons (Fsp3) is 0.714. The Morgan fingerprint density at radius 3 is 2.67 bits per heavy atom. The lowest BCUT2D eigenvalue weighted by Gasteiger charge is -2.09. The van der Waals surface area contributed by atoms with E-state index in [2.05, 4.69) is 26.8 Å². The second-order valence-corrected chi connectivity index (χ2v) is 7.21. The lowest BCUT2D eigenvalue weighted by molar-refractivity contribution is 0.394. The van der Waals surface area contributed by atoms with Crippen molar-refractivity contribution in [3.05, 3.63) is 18.0 Å². The number of unbranched alkanes of at least 4 members (excludes halogenated alkanes) is 1. The number of nitrogens with one attached hydrogen (secondary N) is 3. The molecule has 1 aromatic rings. The Morgan fingerprint density at radius 2 is 2.00 bits per heavy atom. The zero-order chi connectivity index (χ0) is 15.7. The van der Waals surface area contributed by atoms with Crippen molar-refractivity contribution in [1.82, 2.24) is 19.9 Å². The van der Waals surface area contributed by atoms with E-state index in [9.17, 15) is 8.42 Å². The molecule has 0 aromatic carbocycles. The minimum Gasteiger partial charge on any atom is -0.363 e. The summed E-state index contributed by atoms with van der Waals surface area (Å²) in [7, 11) is 0.631. The van der Waals surface area contributed by atoms with E-state index in [0.29, 0.717) is 18.0 Å². The Balaban J connectivity index is 2.39. The van der Waals surface area contributed by atoms with Crippen molar-refractivity contribution in [1.29, 1.82) is 0 Å². The van der Waals surface area contributed by atoms with Crippen molar-refractivity contribution in [2.75, 3.05) is 33.7 Å². The molecule has 0 aliphatic rings. The maximum atomic E-state index is 12.1. The average molecular weight is 316 g/mol. The zero-order valence-electron chi connectivity index (χ0n) is 13.3. The van der Waals surface area contributed by atoms with Gasteiger partial charge in [-0.25, -0.2) is 13.1 Å². The number of rotatable bonds is 11. The molecule has 21 heavy (non-hydrogen) atoms. The van der Waals surface area contributed by atoms with Crippen LogP contribution in [0.15, 0.2) is 17.2 Å². The smallest absolute Gasteiger partial charge is 0.242 e. The van der Waals surface area contributed by atoms with Crippen molar-refractivity contribution >= 4 is 10.0 Å². The molecule has 0 saturated heterocycles. The predicted molar refractivity (Wildman–Crippen MR) is 85.8 cm³/mol. The molecule has 0 spiro atoms. The molecule has 7 heteroatoms.